The third kappa shape index (κ3) is 4.73. The minimum absolute atomic E-state index is 0.149. The number of aromatic nitrogens is 2. The highest BCUT2D eigenvalue weighted by Crippen LogP contribution is 2.28. The van der Waals surface area contributed by atoms with E-state index in [1.54, 1.807) is 24.3 Å². The lowest BCUT2D eigenvalue weighted by Gasteiger charge is -2.15. The van der Waals surface area contributed by atoms with Crippen LogP contribution in [-0.2, 0) is 10.0 Å². The number of fused-ring (bicyclic) bond motifs is 1. The Hall–Kier alpha value is -3.45. The summed E-state index contributed by atoms with van der Waals surface area (Å²) >= 11 is 0. The molecule has 164 valence electrons. The summed E-state index contributed by atoms with van der Waals surface area (Å²) in [6.45, 7) is 6.20. The second kappa shape index (κ2) is 8.96. The third-order valence-corrected chi connectivity index (χ3v) is 6.79. The lowest BCUT2D eigenvalue weighted by Crippen LogP contribution is -2.16. The number of sulfonamides is 1. The third-order valence-electron chi connectivity index (χ3n) is 5.46. The van der Waals surface area contributed by atoms with E-state index in [2.05, 4.69) is 46.0 Å². The van der Waals surface area contributed by atoms with Gasteiger partial charge >= 0.3 is 0 Å². The number of rotatable bonds is 7. The van der Waals surface area contributed by atoms with Crippen LogP contribution in [0.15, 0.2) is 77.7 Å². The fourth-order valence-electron chi connectivity index (χ4n) is 3.39. The summed E-state index contributed by atoms with van der Waals surface area (Å²) < 4.78 is 28.7. The maximum atomic E-state index is 13.0. The zero-order valence-electron chi connectivity index (χ0n) is 18.3. The van der Waals surface area contributed by atoms with Crippen LogP contribution >= 0.6 is 0 Å². The highest BCUT2D eigenvalue weighted by Gasteiger charge is 2.19. The average molecular weight is 447 g/mol. The molecule has 0 saturated heterocycles. The predicted molar refractivity (Wildman–Crippen MR) is 130 cm³/mol. The van der Waals surface area contributed by atoms with Crippen molar-refractivity contribution in [2.75, 3.05) is 10.0 Å². The molecule has 7 heteroatoms. The van der Waals surface area contributed by atoms with Gasteiger partial charge in [0.25, 0.3) is 10.0 Å². The predicted octanol–water partition coefficient (Wildman–Crippen LogP) is 6.00. The summed E-state index contributed by atoms with van der Waals surface area (Å²) in [6, 6.07) is 22.2. The van der Waals surface area contributed by atoms with Crippen molar-refractivity contribution in [3.8, 4) is 0 Å². The molecule has 0 aliphatic carbocycles. The largest absolute Gasteiger partial charge is 0.337 e. The molecular formula is C25H26N4O2S. The van der Waals surface area contributed by atoms with Crippen LogP contribution in [0.4, 0.5) is 17.3 Å². The molecule has 2 N–H and O–H groups in total. The number of para-hydroxylation sites is 2. The monoisotopic (exact) mass is 446 g/mol. The second-order valence-corrected chi connectivity index (χ2v) is 9.57. The molecule has 1 heterocycles. The van der Waals surface area contributed by atoms with Crippen LogP contribution < -0.4 is 10.0 Å². The Morgan fingerprint density at radius 3 is 2.16 bits per heavy atom. The van der Waals surface area contributed by atoms with E-state index in [9.17, 15) is 8.42 Å². The Bertz CT molecular complexity index is 1350. The van der Waals surface area contributed by atoms with Crippen LogP contribution in [0, 0.1) is 6.92 Å². The van der Waals surface area contributed by atoms with E-state index in [-0.39, 0.29) is 10.7 Å². The van der Waals surface area contributed by atoms with Gasteiger partial charge in [-0.1, -0.05) is 50.2 Å². The molecule has 0 bridgehead atoms. The Balaban J connectivity index is 1.72. The van der Waals surface area contributed by atoms with E-state index in [4.69, 9.17) is 0 Å². The molecule has 3 aromatic carbocycles. The van der Waals surface area contributed by atoms with E-state index in [0.29, 0.717) is 22.8 Å². The molecule has 1 unspecified atom stereocenters. The number of benzene rings is 3. The molecule has 1 atom stereocenters. The summed E-state index contributed by atoms with van der Waals surface area (Å²) in [5.41, 5.74) is 4.19. The fourth-order valence-corrected chi connectivity index (χ4v) is 4.51. The number of hydrogen-bond acceptors (Lipinski definition) is 5. The smallest absolute Gasteiger partial charge is 0.263 e. The van der Waals surface area contributed by atoms with Crippen LogP contribution in [-0.4, -0.2) is 18.4 Å². The van der Waals surface area contributed by atoms with E-state index >= 15 is 0 Å². The quantitative estimate of drug-likeness (QED) is 0.364. The van der Waals surface area contributed by atoms with Crippen molar-refractivity contribution in [2.45, 2.75) is 38.0 Å². The van der Waals surface area contributed by atoms with Gasteiger partial charge in [-0.05, 0) is 66.8 Å². The highest BCUT2D eigenvalue weighted by molar-refractivity contribution is 7.92. The van der Waals surface area contributed by atoms with E-state index in [0.717, 1.165) is 17.7 Å². The number of hydrogen-bond donors (Lipinski definition) is 2. The molecule has 32 heavy (non-hydrogen) atoms. The minimum Gasteiger partial charge on any atom is -0.337 e. The first-order valence-electron chi connectivity index (χ1n) is 10.6. The Morgan fingerprint density at radius 2 is 1.53 bits per heavy atom. The summed E-state index contributed by atoms with van der Waals surface area (Å²) in [7, 11) is -3.83. The van der Waals surface area contributed by atoms with Gasteiger partial charge in [0.2, 0.25) is 0 Å². The summed E-state index contributed by atoms with van der Waals surface area (Å²) in [5, 5.41) is 3.23. The zero-order valence-corrected chi connectivity index (χ0v) is 19.1. The molecule has 0 aliphatic rings. The van der Waals surface area contributed by atoms with Crippen LogP contribution in [0.25, 0.3) is 11.0 Å². The molecular weight excluding hydrogens is 420 g/mol. The number of aryl methyl sites for hydroxylation is 1. The maximum Gasteiger partial charge on any atom is 0.263 e. The van der Waals surface area contributed by atoms with Crippen molar-refractivity contribution in [1.82, 2.24) is 9.97 Å². The zero-order chi connectivity index (χ0) is 22.7. The van der Waals surface area contributed by atoms with Crippen LogP contribution in [0.2, 0.25) is 0 Å². The summed E-state index contributed by atoms with van der Waals surface area (Å²) in [5.74, 6) is 0.966. The van der Waals surface area contributed by atoms with Gasteiger partial charge in [0.05, 0.1) is 15.9 Å². The molecule has 0 spiro atoms. The topological polar surface area (TPSA) is 84.0 Å². The van der Waals surface area contributed by atoms with Gasteiger partial charge in [-0.15, -0.1) is 0 Å². The van der Waals surface area contributed by atoms with Crippen LogP contribution in [0.5, 0.6) is 0 Å². The van der Waals surface area contributed by atoms with E-state index in [1.807, 2.05) is 43.3 Å². The molecule has 1 aromatic heterocycles. The van der Waals surface area contributed by atoms with Gasteiger partial charge in [-0.3, -0.25) is 4.72 Å². The molecule has 0 fully saturated rings. The van der Waals surface area contributed by atoms with Gasteiger partial charge in [0, 0.05) is 5.69 Å². The van der Waals surface area contributed by atoms with Gasteiger partial charge < -0.3 is 5.32 Å². The van der Waals surface area contributed by atoms with E-state index in [1.165, 1.54) is 5.56 Å². The minimum atomic E-state index is -3.83. The average Bonchev–Trinajstić information content (AvgIpc) is 2.79. The summed E-state index contributed by atoms with van der Waals surface area (Å²) in [4.78, 5) is 9.36. The molecule has 0 radical (unpaired) electrons. The SMILES string of the molecule is CCC(C)c1ccc(Nc2nc3ccccc3nc2NS(=O)(=O)c2cccc(C)c2)cc1. The molecule has 0 saturated carbocycles. The van der Waals surface area contributed by atoms with Gasteiger partial charge in [-0.25, -0.2) is 18.4 Å². The van der Waals surface area contributed by atoms with Crippen LogP contribution in [0.3, 0.4) is 0 Å². The number of nitrogens with one attached hydrogen (secondary N) is 2. The van der Waals surface area contributed by atoms with Gasteiger partial charge in [0.15, 0.2) is 11.6 Å². The Kier molecular flexibility index (Phi) is 6.10. The summed E-state index contributed by atoms with van der Waals surface area (Å²) in [6.07, 6.45) is 1.06. The standard InChI is InChI=1S/C25H26N4O2S/c1-4-18(3)19-12-14-20(15-13-19)26-24-25(28-23-11-6-5-10-22(23)27-24)29-32(30,31)21-9-7-8-17(2)16-21/h5-16,18H,4H2,1-3H3,(H,26,27)(H,28,29). The Labute approximate surface area is 188 Å². The normalized spacial score (nSPS) is 12.5. The molecule has 0 aliphatic heterocycles. The van der Waals surface area contributed by atoms with Crippen molar-refractivity contribution in [3.63, 3.8) is 0 Å². The van der Waals surface area contributed by atoms with Crippen LogP contribution in [0.1, 0.15) is 37.3 Å². The fraction of sp³-hybridized carbons (Fsp3) is 0.200. The first-order chi connectivity index (χ1) is 15.4. The number of anilines is 3. The van der Waals surface area contributed by atoms with Crippen molar-refractivity contribution >= 4 is 38.4 Å². The second-order valence-electron chi connectivity index (χ2n) is 7.89. The lowest BCUT2D eigenvalue weighted by atomic mass is 9.99. The molecule has 6 nitrogen and oxygen atoms in total. The maximum absolute atomic E-state index is 13.0. The first-order valence-corrected chi connectivity index (χ1v) is 12.1. The van der Waals surface area contributed by atoms with Crippen molar-refractivity contribution in [3.05, 3.63) is 83.9 Å². The highest BCUT2D eigenvalue weighted by atomic mass is 32.2. The molecule has 4 aromatic rings. The Morgan fingerprint density at radius 1 is 0.875 bits per heavy atom. The molecule has 4 rings (SSSR count). The van der Waals surface area contributed by atoms with Crippen molar-refractivity contribution < 1.29 is 8.42 Å². The first kappa shape index (κ1) is 21.8. The lowest BCUT2D eigenvalue weighted by molar-refractivity contribution is 0.601. The molecule has 0 amide bonds. The van der Waals surface area contributed by atoms with E-state index < -0.39 is 10.0 Å². The van der Waals surface area contributed by atoms with Gasteiger partial charge in [-0.2, -0.15) is 0 Å². The van der Waals surface area contributed by atoms with Crippen molar-refractivity contribution in [1.29, 1.82) is 0 Å². The number of nitrogens with zero attached hydrogens (tertiary/aromatic N) is 2. The van der Waals surface area contributed by atoms with Crippen molar-refractivity contribution in [2.24, 2.45) is 0 Å². The van der Waals surface area contributed by atoms with Gasteiger partial charge in [0.1, 0.15) is 0 Å².